The van der Waals surface area contributed by atoms with Crippen LogP contribution in [-0.2, 0) is 0 Å². The molecule has 1 heterocycles. The van der Waals surface area contributed by atoms with Crippen molar-refractivity contribution >= 4 is 17.7 Å². The minimum absolute atomic E-state index is 0.102. The van der Waals surface area contributed by atoms with Gasteiger partial charge in [0, 0.05) is 5.69 Å². The average Bonchev–Trinajstić information content (AvgIpc) is 2.63. The monoisotopic (exact) mass is 234 g/mol. The standard InChI is InChI=1S/C11H10N2O4/c1-6-9(10(15)16)17-11(12-6)13-7-2-4-8(14)5-3-7/h2-5,14H,1H3,(H,12,13)(H,15,16). The highest BCUT2D eigenvalue weighted by Gasteiger charge is 2.15. The molecule has 0 aliphatic rings. The van der Waals surface area contributed by atoms with Crippen molar-refractivity contribution in [2.24, 2.45) is 0 Å². The van der Waals surface area contributed by atoms with E-state index in [1.54, 1.807) is 19.1 Å². The molecule has 0 spiro atoms. The largest absolute Gasteiger partial charge is 0.508 e. The van der Waals surface area contributed by atoms with Crippen LogP contribution >= 0.6 is 0 Å². The number of carboxylic acids is 1. The molecule has 2 aromatic rings. The summed E-state index contributed by atoms with van der Waals surface area (Å²) < 4.78 is 5.03. The molecule has 0 aliphatic heterocycles. The van der Waals surface area contributed by atoms with Crippen molar-refractivity contribution in [2.75, 3.05) is 5.32 Å². The number of aromatic nitrogens is 1. The maximum atomic E-state index is 10.7. The number of nitrogens with zero attached hydrogens (tertiary/aromatic N) is 1. The van der Waals surface area contributed by atoms with Crippen molar-refractivity contribution in [1.29, 1.82) is 0 Å². The van der Waals surface area contributed by atoms with Crippen molar-refractivity contribution in [3.8, 4) is 5.75 Å². The summed E-state index contributed by atoms with van der Waals surface area (Å²) in [5.41, 5.74) is 0.944. The number of phenols is 1. The van der Waals surface area contributed by atoms with E-state index in [1.807, 2.05) is 0 Å². The van der Waals surface area contributed by atoms with Gasteiger partial charge in [0.15, 0.2) is 0 Å². The third-order valence-electron chi connectivity index (χ3n) is 2.11. The number of nitrogens with one attached hydrogen (secondary N) is 1. The molecular weight excluding hydrogens is 224 g/mol. The van der Waals surface area contributed by atoms with Gasteiger partial charge in [-0.3, -0.25) is 0 Å². The summed E-state index contributed by atoms with van der Waals surface area (Å²) in [7, 11) is 0. The minimum Gasteiger partial charge on any atom is -0.508 e. The maximum absolute atomic E-state index is 10.7. The topological polar surface area (TPSA) is 95.6 Å². The SMILES string of the molecule is Cc1nc(Nc2ccc(O)cc2)oc1C(=O)O. The van der Waals surface area contributed by atoms with Crippen LogP contribution in [0.4, 0.5) is 11.7 Å². The molecule has 0 radical (unpaired) electrons. The van der Waals surface area contributed by atoms with Crippen LogP contribution in [0.5, 0.6) is 5.75 Å². The number of rotatable bonds is 3. The fourth-order valence-corrected chi connectivity index (χ4v) is 1.32. The molecule has 0 bridgehead atoms. The Bertz CT molecular complexity index is 545. The van der Waals surface area contributed by atoms with Crippen LogP contribution in [0.25, 0.3) is 0 Å². The summed E-state index contributed by atoms with van der Waals surface area (Å²) in [5, 5.41) is 20.7. The van der Waals surface area contributed by atoms with E-state index in [2.05, 4.69) is 10.3 Å². The molecule has 6 heteroatoms. The molecule has 1 aromatic heterocycles. The van der Waals surface area contributed by atoms with E-state index in [0.29, 0.717) is 11.4 Å². The zero-order chi connectivity index (χ0) is 12.4. The van der Waals surface area contributed by atoms with Gasteiger partial charge in [0.05, 0.1) is 5.69 Å². The number of benzene rings is 1. The average molecular weight is 234 g/mol. The van der Waals surface area contributed by atoms with Crippen LogP contribution < -0.4 is 5.32 Å². The van der Waals surface area contributed by atoms with E-state index in [9.17, 15) is 4.79 Å². The molecule has 3 N–H and O–H groups in total. The fraction of sp³-hybridized carbons (Fsp3) is 0.0909. The number of aryl methyl sites for hydroxylation is 1. The predicted molar refractivity (Wildman–Crippen MR) is 59.6 cm³/mol. The van der Waals surface area contributed by atoms with Crippen molar-refractivity contribution in [3.63, 3.8) is 0 Å². The molecule has 0 fully saturated rings. The molecule has 0 unspecified atom stereocenters. The molecule has 6 nitrogen and oxygen atoms in total. The van der Waals surface area contributed by atoms with Crippen LogP contribution in [0.2, 0.25) is 0 Å². The van der Waals surface area contributed by atoms with E-state index in [0.717, 1.165) is 0 Å². The van der Waals surface area contributed by atoms with E-state index in [4.69, 9.17) is 14.6 Å². The van der Waals surface area contributed by atoms with E-state index in [1.165, 1.54) is 12.1 Å². The highest BCUT2D eigenvalue weighted by atomic mass is 16.4. The van der Waals surface area contributed by atoms with Gasteiger partial charge in [0.1, 0.15) is 5.75 Å². The normalized spacial score (nSPS) is 10.2. The van der Waals surface area contributed by atoms with Crippen molar-refractivity contribution in [2.45, 2.75) is 6.92 Å². The molecule has 17 heavy (non-hydrogen) atoms. The second-order valence-electron chi connectivity index (χ2n) is 3.41. The summed E-state index contributed by atoms with van der Waals surface area (Å²) in [6, 6.07) is 6.34. The smallest absolute Gasteiger partial charge is 0.373 e. The highest BCUT2D eigenvalue weighted by Crippen LogP contribution is 2.21. The van der Waals surface area contributed by atoms with Crippen LogP contribution in [0.15, 0.2) is 28.7 Å². The van der Waals surface area contributed by atoms with Gasteiger partial charge in [0.2, 0.25) is 5.76 Å². The van der Waals surface area contributed by atoms with Gasteiger partial charge in [-0.05, 0) is 31.2 Å². The lowest BCUT2D eigenvalue weighted by atomic mass is 10.3. The summed E-state index contributed by atoms with van der Waals surface area (Å²) in [5.74, 6) is -1.20. The van der Waals surface area contributed by atoms with Gasteiger partial charge in [-0.2, -0.15) is 4.98 Å². The lowest BCUT2D eigenvalue weighted by molar-refractivity contribution is 0.0662. The number of aromatic hydroxyl groups is 1. The molecule has 0 atom stereocenters. The second kappa shape index (κ2) is 4.17. The minimum atomic E-state index is -1.16. The lowest BCUT2D eigenvalue weighted by Crippen LogP contribution is -1.95. The second-order valence-corrected chi connectivity index (χ2v) is 3.41. The van der Waals surface area contributed by atoms with E-state index >= 15 is 0 Å². The molecule has 2 rings (SSSR count). The number of anilines is 2. The Kier molecular flexibility index (Phi) is 2.70. The Morgan fingerprint density at radius 3 is 2.53 bits per heavy atom. The molecule has 0 amide bonds. The summed E-state index contributed by atoms with van der Waals surface area (Å²) in [6.45, 7) is 1.55. The Morgan fingerprint density at radius 2 is 2.00 bits per heavy atom. The number of carbonyl (C=O) groups is 1. The number of aromatic carboxylic acids is 1. The third-order valence-corrected chi connectivity index (χ3v) is 2.11. The molecule has 0 aliphatic carbocycles. The van der Waals surface area contributed by atoms with Gasteiger partial charge in [-0.1, -0.05) is 0 Å². The van der Waals surface area contributed by atoms with Crippen LogP contribution in [-0.4, -0.2) is 21.2 Å². The first-order valence-corrected chi connectivity index (χ1v) is 4.83. The number of hydrogen-bond donors (Lipinski definition) is 3. The van der Waals surface area contributed by atoms with Crippen molar-refractivity contribution in [3.05, 3.63) is 35.7 Å². The van der Waals surface area contributed by atoms with Crippen molar-refractivity contribution in [1.82, 2.24) is 4.98 Å². The summed E-state index contributed by atoms with van der Waals surface area (Å²) >= 11 is 0. The number of hydrogen-bond acceptors (Lipinski definition) is 5. The molecular formula is C11H10N2O4. The quantitative estimate of drug-likeness (QED) is 0.704. The third kappa shape index (κ3) is 2.36. The first-order chi connectivity index (χ1) is 8.06. The molecule has 1 aromatic carbocycles. The van der Waals surface area contributed by atoms with Crippen LogP contribution in [0.1, 0.15) is 16.2 Å². The zero-order valence-corrected chi connectivity index (χ0v) is 8.97. The van der Waals surface area contributed by atoms with Gasteiger partial charge in [-0.15, -0.1) is 0 Å². The Balaban J connectivity index is 2.22. The van der Waals surface area contributed by atoms with E-state index < -0.39 is 5.97 Å². The maximum Gasteiger partial charge on any atom is 0.373 e. The van der Waals surface area contributed by atoms with Crippen molar-refractivity contribution < 1.29 is 19.4 Å². The highest BCUT2D eigenvalue weighted by molar-refractivity contribution is 5.85. The Morgan fingerprint density at radius 1 is 1.35 bits per heavy atom. The van der Waals surface area contributed by atoms with Gasteiger partial charge < -0.3 is 19.9 Å². The predicted octanol–water partition coefficient (Wildman–Crippen LogP) is 2.13. The summed E-state index contributed by atoms with van der Waals surface area (Å²) in [6.07, 6.45) is 0. The van der Waals surface area contributed by atoms with Gasteiger partial charge >= 0.3 is 5.97 Å². The number of oxazole rings is 1. The molecule has 88 valence electrons. The first-order valence-electron chi connectivity index (χ1n) is 4.83. The van der Waals surface area contributed by atoms with Gasteiger partial charge in [-0.25, -0.2) is 4.79 Å². The van der Waals surface area contributed by atoms with E-state index in [-0.39, 0.29) is 17.5 Å². The number of phenolic OH excluding ortho intramolecular Hbond substituents is 1. The first kappa shape index (κ1) is 11.0. The van der Waals surface area contributed by atoms with Crippen LogP contribution in [0, 0.1) is 6.92 Å². The Hall–Kier alpha value is -2.50. The van der Waals surface area contributed by atoms with Crippen LogP contribution in [0.3, 0.4) is 0 Å². The lowest BCUT2D eigenvalue weighted by Gasteiger charge is -2.00. The molecule has 0 saturated carbocycles. The Labute approximate surface area is 96.5 Å². The van der Waals surface area contributed by atoms with Gasteiger partial charge in [0.25, 0.3) is 6.01 Å². The molecule has 0 saturated heterocycles. The fourth-order valence-electron chi connectivity index (χ4n) is 1.32. The zero-order valence-electron chi connectivity index (χ0n) is 8.97. The summed E-state index contributed by atoms with van der Waals surface area (Å²) in [4.78, 5) is 14.7. The number of carboxylic acid groups (broad SMARTS) is 1.